The van der Waals surface area contributed by atoms with Crippen molar-refractivity contribution in [2.75, 3.05) is 11.5 Å². The van der Waals surface area contributed by atoms with Crippen LogP contribution in [0.4, 0.5) is 24.9 Å². The molecule has 0 bridgehead atoms. The average Bonchev–Trinajstić information content (AvgIpc) is 2.36. The summed E-state index contributed by atoms with van der Waals surface area (Å²) in [7, 11) is 0. The maximum atomic E-state index is 13.1. The summed E-state index contributed by atoms with van der Waals surface area (Å²) in [4.78, 5) is 7.34. The molecule has 0 radical (unpaired) electrons. The van der Waals surface area contributed by atoms with E-state index < -0.39 is 11.7 Å². The summed E-state index contributed by atoms with van der Waals surface area (Å²) in [6.45, 7) is 1.63. The molecule has 0 aliphatic heterocycles. The smallest absolute Gasteiger partial charge is 0.382 e. The van der Waals surface area contributed by atoms with Gasteiger partial charge < -0.3 is 11.5 Å². The average molecular weight is 293 g/mol. The van der Waals surface area contributed by atoms with Crippen LogP contribution in [-0.4, -0.2) is 9.97 Å². The van der Waals surface area contributed by atoms with Crippen molar-refractivity contribution in [3.8, 4) is 17.3 Å². The minimum Gasteiger partial charge on any atom is -0.382 e. The topological polar surface area (TPSA) is 102 Å². The second kappa shape index (κ2) is 4.94. The zero-order chi connectivity index (χ0) is 15.8. The third kappa shape index (κ3) is 2.72. The van der Waals surface area contributed by atoms with Crippen LogP contribution in [0.15, 0.2) is 18.2 Å². The van der Waals surface area contributed by atoms with Gasteiger partial charge in [-0.3, -0.25) is 0 Å². The second-order valence-corrected chi connectivity index (χ2v) is 4.35. The molecule has 0 atom stereocenters. The lowest BCUT2D eigenvalue weighted by molar-refractivity contribution is -0.137. The van der Waals surface area contributed by atoms with Crippen LogP contribution in [0.5, 0.6) is 0 Å². The summed E-state index contributed by atoms with van der Waals surface area (Å²) >= 11 is 0. The molecule has 4 N–H and O–H groups in total. The Morgan fingerprint density at radius 2 is 1.86 bits per heavy atom. The predicted molar refractivity (Wildman–Crippen MR) is 70.7 cm³/mol. The molecule has 0 aliphatic carbocycles. The second-order valence-electron chi connectivity index (χ2n) is 4.35. The van der Waals surface area contributed by atoms with Gasteiger partial charge in [-0.05, 0) is 19.1 Å². The third-order valence-corrected chi connectivity index (χ3v) is 2.80. The highest BCUT2D eigenvalue weighted by Crippen LogP contribution is 2.38. The van der Waals surface area contributed by atoms with E-state index in [4.69, 9.17) is 16.7 Å². The summed E-state index contributed by atoms with van der Waals surface area (Å²) in [6, 6.07) is 5.25. The predicted octanol–water partition coefficient (Wildman–Crippen LogP) is 2.51. The molecule has 8 heteroatoms. The Hall–Kier alpha value is -2.82. The summed E-state index contributed by atoms with van der Waals surface area (Å²) in [5.74, 6) is -0.550. The van der Waals surface area contributed by atoms with Crippen LogP contribution in [0.1, 0.15) is 16.7 Å². The van der Waals surface area contributed by atoms with Crippen LogP contribution in [0.25, 0.3) is 11.3 Å². The van der Waals surface area contributed by atoms with E-state index >= 15 is 0 Å². The minimum atomic E-state index is -4.59. The maximum absolute atomic E-state index is 13.1. The normalized spacial score (nSPS) is 11.2. The summed E-state index contributed by atoms with van der Waals surface area (Å²) in [5, 5.41) is 9.08. The highest BCUT2D eigenvalue weighted by molar-refractivity contribution is 5.76. The zero-order valence-corrected chi connectivity index (χ0v) is 10.9. The number of nitrogen functional groups attached to an aromatic ring is 2. The molecule has 5 nitrogen and oxygen atoms in total. The molecule has 21 heavy (non-hydrogen) atoms. The lowest BCUT2D eigenvalue weighted by Crippen LogP contribution is -2.11. The van der Waals surface area contributed by atoms with Gasteiger partial charge in [-0.1, -0.05) is 11.6 Å². The summed E-state index contributed by atoms with van der Waals surface area (Å²) in [6.07, 6.45) is -4.59. The van der Waals surface area contributed by atoms with Gasteiger partial charge >= 0.3 is 6.18 Å². The maximum Gasteiger partial charge on any atom is 0.417 e. The quantitative estimate of drug-likeness (QED) is 0.841. The number of hydrogen-bond donors (Lipinski definition) is 2. The van der Waals surface area contributed by atoms with E-state index in [0.717, 1.165) is 6.07 Å². The molecule has 2 aromatic rings. The first-order chi connectivity index (χ1) is 9.74. The van der Waals surface area contributed by atoms with Gasteiger partial charge in [0.2, 0.25) is 5.95 Å². The number of nitriles is 1. The zero-order valence-electron chi connectivity index (χ0n) is 10.9. The highest BCUT2D eigenvalue weighted by Gasteiger charge is 2.35. The lowest BCUT2D eigenvalue weighted by atomic mass is 9.98. The van der Waals surface area contributed by atoms with Crippen molar-refractivity contribution in [1.29, 1.82) is 5.26 Å². The Morgan fingerprint density at radius 1 is 1.19 bits per heavy atom. The SMILES string of the molecule is Cc1ccc(C(F)(F)F)c(-c2nc(N)nc(N)c2C#N)c1. The number of aromatic nitrogens is 2. The molecule has 0 aliphatic rings. The van der Waals surface area contributed by atoms with Crippen molar-refractivity contribution in [2.45, 2.75) is 13.1 Å². The van der Waals surface area contributed by atoms with E-state index in [-0.39, 0.29) is 28.6 Å². The lowest BCUT2D eigenvalue weighted by Gasteiger charge is -2.14. The molecule has 2 rings (SSSR count). The van der Waals surface area contributed by atoms with Gasteiger partial charge in [-0.25, -0.2) is 4.98 Å². The van der Waals surface area contributed by atoms with Gasteiger partial charge in [0.25, 0.3) is 0 Å². The van der Waals surface area contributed by atoms with Gasteiger partial charge in [-0.2, -0.15) is 23.4 Å². The fourth-order valence-corrected chi connectivity index (χ4v) is 1.90. The molecule has 0 saturated heterocycles. The van der Waals surface area contributed by atoms with Gasteiger partial charge in [0.15, 0.2) is 0 Å². The molecular formula is C13H10F3N5. The molecule has 1 aromatic carbocycles. The Balaban J connectivity index is 2.85. The van der Waals surface area contributed by atoms with E-state index in [2.05, 4.69) is 9.97 Å². The first-order valence-electron chi connectivity index (χ1n) is 5.75. The molecule has 0 saturated carbocycles. The van der Waals surface area contributed by atoms with Crippen LogP contribution < -0.4 is 11.5 Å². The number of aryl methyl sites for hydroxylation is 1. The van der Waals surface area contributed by atoms with E-state index in [9.17, 15) is 13.2 Å². The Bertz CT molecular complexity index is 747. The number of rotatable bonds is 1. The molecule has 1 heterocycles. The number of alkyl halides is 3. The molecule has 0 unspecified atom stereocenters. The standard InChI is InChI=1S/C13H10F3N5/c1-6-2-3-9(13(14,15)16)7(4-6)10-8(5-17)11(18)21-12(19)20-10/h2-4H,1H3,(H4,18,19,20,21). The van der Waals surface area contributed by atoms with Crippen LogP contribution >= 0.6 is 0 Å². The van der Waals surface area contributed by atoms with Crippen LogP contribution in [0, 0.1) is 18.3 Å². The highest BCUT2D eigenvalue weighted by atomic mass is 19.4. The van der Waals surface area contributed by atoms with E-state index in [1.165, 1.54) is 12.1 Å². The van der Waals surface area contributed by atoms with Crippen molar-refractivity contribution < 1.29 is 13.2 Å². The number of benzene rings is 1. The fraction of sp³-hybridized carbons (Fsp3) is 0.154. The molecule has 1 aromatic heterocycles. The first kappa shape index (κ1) is 14.6. The monoisotopic (exact) mass is 293 g/mol. The number of anilines is 2. The number of nitrogens with zero attached hydrogens (tertiary/aromatic N) is 3. The largest absolute Gasteiger partial charge is 0.417 e. The molecule has 0 amide bonds. The molecular weight excluding hydrogens is 283 g/mol. The molecule has 108 valence electrons. The van der Waals surface area contributed by atoms with Crippen molar-refractivity contribution in [3.63, 3.8) is 0 Å². The Labute approximate surface area is 118 Å². The third-order valence-electron chi connectivity index (χ3n) is 2.80. The summed E-state index contributed by atoms with van der Waals surface area (Å²) < 4.78 is 39.3. The van der Waals surface area contributed by atoms with Crippen LogP contribution in [0.2, 0.25) is 0 Å². The van der Waals surface area contributed by atoms with Gasteiger partial charge in [0, 0.05) is 5.56 Å². The number of hydrogen-bond acceptors (Lipinski definition) is 5. The minimum absolute atomic E-state index is 0.224. The first-order valence-corrected chi connectivity index (χ1v) is 5.75. The Kier molecular flexibility index (Phi) is 3.43. The van der Waals surface area contributed by atoms with Gasteiger partial charge in [-0.15, -0.1) is 0 Å². The van der Waals surface area contributed by atoms with Crippen LogP contribution in [0.3, 0.4) is 0 Å². The van der Waals surface area contributed by atoms with Crippen molar-refractivity contribution in [2.24, 2.45) is 0 Å². The number of halogens is 3. The Morgan fingerprint density at radius 3 is 2.43 bits per heavy atom. The van der Waals surface area contributed by atoms with Crippen molar-refractivity contribution >= 4 is 11.8 Å². The molecule has 0 spiro atoms. The number of nitrogens with two attached hydrogens (primary N) is 2. The van der Waals surface area contributed by atoms with E-state index in [1.54, 1.807) is 13.0 Å². The van der Waals surface area contributed by atoms with E-state index in [1.807, 2.05) is 0 Å². The van der Waals surface area contributed by atoms with Crippen molar-refractivity contribution in [3.05, 3.63) is 34.9 Å². The van der Waals surface area contributed by atoms with Crippen LogP contribution in [-0.2, 0) is 6.18 Å². The summed E-state index contributed by atoms with van der Waals surface area (Å²) in [5.41, 5.74) is 9.91. The fourth-order valence-electron chi connectivity index (χ4n) is 1.90. The van der Waals surface area contributed by atoms with Gasteiger partial charge in [0.05, 0.1) is 11.3 Å². The van der Waals surface area contributed by atoms with E-state index in [0.29, 0.717) is 5.56 Å². The van der Waals surface area contributed by atoms with Gasteiger partial charge in [0.1, 0.15) is 17.5 Å². The molecule has 0 fully saturated rings. The van der Waals surface area contributed by atoms with Crippen molar-refractivity contribution in [1.82, 2.24) is 9.97 Å².